The van der Waals surface area contributed by atoms with E-state index in [0.29, 0.717) is 17.7 Å². The lowest BCUT2D eigenvalue weighted by atomic mass is 10.2. The van der Waals surface area contributed by atoms with Gasteiger partial charge < -0.3 is 5.32 Å². The van der Waals surface area contributed by atoms with Crippen LogP contribution in [0.25, 0.3) is 0 Å². The van der Waals surface area contributed by atoms with Gasteiger partial charge in [0.15, 0.2) is 5.82 Å². The summed E-state index contributed by atoms with van der Waals surface area (Å²) in [5.74, 6) is -2.51. The first-order chi connectivity index (χ1) is 9.47. The van der Waals surface area contributed by atoms with E-state index in [1.807, 2.05) is 0 Å². The van der Waals surface area contributed by atoms with Crippen molar-refractivity contribution in [3.63, 3.8) is 0 Å². The van der Waals surface area contributed by atoms with Crippen LogP contribution in [0.3, 0.4) is 0 Å². The summed E-state index contributed by atoms with van der Waals surface area (Å²) >= 11 is 0. The quantitative estimate of drug-likeness (QED) is 0.688. The van der Waals surface area contributed by atoms with Gasteiger partial charge in [-0.15, -0.1) is 0 Å². The van der Waals surface area contributed by atoms with Crippen molar-refractivity contribution >= 4 is 11.4 Å². The second-order valence-electron chi connectivity index (χ2n) is 4.02. The lowest BCUT2D eigenvalue weighted by Crippen LogP contribution is -2.05. The number of halogens is 3. The van der Waals surface area contributed by atoms with Gasteiger partial charge in [0, 0.05) is 12.6 Å². The molecule has 0 saturated carbocycles. The zero-order valence-corrected chi connectivity index (χ0v) is 10.1. The number of nitro groups is 1. The Morgan fingerprint density at radius 1 is 1.05 bits per heavy atom. The van der Waals surface area contributed by atoms with Crippen LogP contribution in [-0.4, -0.2) is 4.92 Å². The van der Waals surface area contributed by atoms with Gasteiger partial charge in [-0.25, -0.2) is 13.2 Å². The van der Waals surface area contributed by atoms with E-state index in [1.54, 1.807) is 0 Å². The van der Waals surface area contributed by atoms with Crippen LogP contribution in [0.5, 0.6) is 0 Å². The number of nitro benzene ring substituents is 1. The van der Waals surface area contributed by atoms with Gasteiger partial charge in [0.05, 0.1) is 11.0 Å². The summed E-state index contributed by atoms with van der Waals surface area (Å²) in [7, 11) is 0. The second-order valence-corrected chi connectivity index (χ2v) is 4.02. The molecule has 0 radical (unpaired) electrons. The summed E-state index contributed by atoms with van der Waals surface area (Å²) in [5, 5.41) is 13.3. The van der Waals surface area contributed by atoms with Gasteiger partial charge in [0.1, 0.15) is 17.3 Å². The number of nitrogens with one attached hydrogen (secondary N) is 1. The molecule has 1 N–H and O–H groups in total. The molecule has 4 nitrogen and oxygen atoms in total. The van der Waals surface area contributed by atoms with E-state index in [2.05, 4.69) is 5.32 Å². The zero-order chi connectivity index (χ0) is 14.7. The van der Waals surface area contributed by atoms with Crippen LogP contribution in [0.4, 0.5) is 24.5 Å². The Balaban J connectivity index is 2.24. The normalized spacial score (nSPS) is 10.3. The number of benzene rings is 2. The molecule has 0 saturated heterocycles. The minimum Gasteiger partial charge on any atom is -0.373 e. The van der Waals surface area contributed by atoms with Crippen LogP contribution in [0.1, 0.15) is 5.56 Å². The summed E-state index contributed by atoms with van der Waals surface area (Å²) in [4.78, 5) is 9.89. The van der Waals surface area contributed by atoms with Crippen molar-refractivity contribution in [3.8, 4) is 0 Å². The van der Waals surface area contributed by atoms with Crippen LogP contribution in [-0.2, 0) is 6.54 Å². The molecule has 0 spiro atoms. The fourth-order valence-corrected chi connectivity index (χ4v) is 1.67. The number of rotatable bonds is 4. The Labute approximate surface area is 112 Å². The molecule has 0 aliphatic carbocycles. The maximum absolute atomic E-state index is 13.6. The summed E-state index contributed by atoms with van der Waals surface area (Å²) in [6, 6.07) is 6.53. The van der Waals surface area contributed by atoms with Gasteiger partial charge in [-0.05, 0) is 17.7 Å². The first-order valence-electron chi connectivity index (χ1n) is 5.59. The lowest BCUT2D eigenvalue weighted by Gasteiger charge is -2.08. The van der Waals surface area contributed by atoms with Crippen LogP contribution in [0.2, 0.25) is 0 Å². The minimum atomic E-state index is -1.06. The first kappa shape index (κ1) is 13.9. The molecule has 20 heavy (non-hydrogen) atoms. The molecule has 0 fully saturated rings. The monoisotopic (exact) mass is 282 g/mol. The van der Waals surface area contributed by atoms with Crippen molar-refractivity contribution in [2.75, 3.05) is 5.32 Å². The van der Waals surface area contributed by atoms with E-state index in [-0.39, 0.29) is 6.54 Å². The Hall–Kier alpha value is -2.57. The zero-order valence-electron chi connectivity index (χ0n) is 10.1. The standard InChI is InChI=1S/C13H9F3N2O2/c14-9-3-1-8(2-4-9)7-17-13-11(16)5-10(15)6-12(13)18(19)20/h1-6,17H,7H2. The van der Waals surface area contributed by atoms with Gasteiger partial charge in [0.2, 0.25) is 0 Å². The summed E-state index contributed by atoms with van der Waals surface area (Å²) in [6.07, 6.45) is 0. The highest BCUT2D eigenvalue weighted by molar-refractivity contribution is 5.62. The van der Waals surface area contributed by atoms with Crippen LogP contribution < -0.4 is 5.32 Å². The maximum Gasteiger partial charge on any atom is 0.298 e. The average Bonchev–Trinajstić information content (AvgIpc) is 2.38. The van der Waals surface area contributed by atoms with Gasteiger partial charge >= 0.3 is 0 Å². The van der Waals surface area contributed by atoms with Crippen LogP contribution in [0.15, 0.2) is 36.4 Å². The molecule has 104 valence electrons. The molecule has 2 aromatic carbocycles. The van der Waals surface area contributed by atoms with Crippen molar-refractivity contribution in [2.24, 2.45) is 0 Å². The molecule has 0 aliphatic heterocycles. The molecule has 0 atom stereocenters. The first-order valence-corrected chi connectivity index (χ1v) is 5.59. The fraction of sp³-hybridized carbons (Fsp3) is 0.0769. The summed E-state index contributed by atoms with van der Waals surface area (Å²) in [6.45, 7) is 0.0453. The van der Waals surface area contributed by atoms with Crippen molar-refractivity contribution in [3.05, 3.63) is 69.5 Å². The van der Waals surface area contributed by atoms with Crippen molar-refractivity contribution in [1.82, 2.24) is 0 Å². The Morgan fingerprint density at radius 2 is 1.70 bits per heavy atom. The SMILES string of the molecule is O=[N+]([O-])c1cc(F)cc(F)c1NCc1ccc(F)cc1. The lowest BCUT2D eigenvalue weighted by molar-refractivity contribution is -0.384. The number of anilines is 1. The summed E-state index contributed by atoms with van der Waals surface area (Å²) < 4.78 is 39.3. The van der Waals surface area contributed by atoms with Crippen LogP contribution in [0, 0.1) is 27.6 Å². The Kier molecular flexibility index (Phi) is 3.88. The molecule has 0 unspecified atom stereocenters. The highest BCUT2D eigenvalue weighted by Crippen LogP contribution is 2.29. The van der Waals surface area contributed by atoms with Crippen molar-refractivity contribution in [2.45, 2.75) is 6.54 Å². The molecule has 0 aromatic heterocycles. The fourth-order valence-electron chi connectivity index (χ4n) is 1.67. The Morgan fingerprint density at radius 3 is 2.30 bits per heavy atom. The van der Waals surface area contributed by atoms with E-state index < -0.39 is 33.7 Å². The molecular weight excluding hydrogens is 273 g/mol. The highest BCUT2D eigenvalue weighted by atomic mass is 19.1. The molecule has 0 aliphatic rings. The molecule has 7 heteroatoms. The smallest absolute Gasteiger partial charge is 0.298 e. The van der Waals surface area contributed by atoms with E-state index in [9.17, 15) is 23.3 Å². The average molecular weight is 282 g/mol. The maximum atomic E-state index is 13.6. The third-order valence-electron chi connectivity index (χ3n) is 2.61. The number of hydrogen-bond acceptors (Lipinski definition) is 3. The molecular formula is C13H9F3N2O2. The molecule has 0 heterocycles. The topological polar surface area (TPSA) is 55.2 Å². The minimum absolute atomic E-state index is 0.0453. The molecule has 2 aromatic rings. The molecule has 0 amide bonds. The molecule has 2 rings (SSSR count). The highest BCUT2D eigenvalue weighted by Gasteiger charge is 2.20. The third kappa shape index (κ3) is 3.05. The third-order valence-corrected chi connectivity index (χ3v) is 2.61. The van der Waals surface area contributed by atoms with Gasteiger partial charge in [0.25, 0.3) is 5.69 Å². The van der Waals surface area contributed by atoms with Gasteiger partial charge in [-0.1, -0.05) is 12.1 Å². The van der Waals surface area contributed by atoms with Crippen molar-refractivity contribution in [1.29, 1.82) is 0 Å². The summed E-state index contributed by atoms with van der Waals surface area (Å²) in [5.41, 5.74) is -0.491. The van der Waals surface area contributed by atoms with Crippen LogP contribution >= 0.6 is 0 Å². The van der Waals surface area contributed by atoms with E-state index in [1.165, 1.54) is 24.3 Å². The van der Waals surface area contributed by atoms with Crippen molar-refractivity contribution < 1.29 is 18.1 Å². The van der Waals surface area contributed by atoms with E-state index in [4.69, 9.17) is 0 Å². The number of hydrogen-bond donors (Lipinski definition) is 1. The predicted molar refractivity (Wildman–Crippen MR) is 66.7 cm³/mol. The Bertz CT molecular complexity index is 645. The molecule has 0 bridgehead atoms. The van der Waals surface area contributed by atoms with E-state index >= 15 is 0 Å². The van der Waals surface area contributed by atoms with E-state index in [0.717, 1.165) is 0 Å². The van der Waals surface area contributed by atoms with Gasteiger partial charge in [-0.2, -0.15) is 0 Å². The second kappa shape index (κ2) is 5.60. The predicted octanol–water partition coefficient (Wildman–Crippen LogP) is 3.62. The van der Waals surface area contributed by atoms with Gasteiger partial charge in [-0.3, -0.25) is 10.1 Å². The number of nitrogens with zero attached hydrogens (tertiary/aromatic N) is 1. The largest absolute Gasteiger partial charge is 0.373 e.